The molecular formula is C15H19NOS. The zero-order valence-corrected chi connectivity index (χ0v) is 11.7. The topological polar surface area (TPSA) is 25.2 Å². The molecule has 2 nitrogen and oxygen atoms in total. The second kappa shape index (κ2) is 4.25. The second-order valence-corrected chi connectivity index (χ2v) is 6.82. The van der Waals surface area contributed by atoms with Crippen LogP contribution in [0.5, 0.6) is 0 Å². The molecule has 0 aliphatic heterocycles. The van der Waals surface area contributed by atoms with Crippen molar-refractivity contribution in [3.05, 3.63) is 45.9 Å². The maximum absolute atomic E-state index is 10.2. The predicted molar refractivity (Wildman–Crippen MR) is 74.9 cm³/mol. The van der Waals surface area contributed by atoms with Gasteiger partial charge in [0.2, 0.25) is 0 Å². The fourth-order valence-corrected chi connectivity index (χ4v) is 3.58. The van der Waals surface area contributed by atoms with E-state index in [1.54, 1.807) is 11.3 Å². The molecule has 0 aromatic carbocycles. The van der Waals surface area contributed by atoms with E-state index in [1.165, 1.54) is 11.3 Å². The molecule has 1 unspecified atom stereocenters. The summed E-state index contributed by atoms with van der Waals surface area (Å²) in [5, 5.41) is 14.5. The van der Waals surface area contributed by atoms with Crippen LogP contribution < -0.4 is 0 Å². The Morgan fingerprint density at radius 1 is 1.44 bits per heavy atom. The van der Waals surface area contributed by atoms with Crippen molar-refractivity contribution >= 4 is 11.3 Å². The number of fused-ring (bicyclic) bond motifs is 1. The van der Waals surface area contributed by atoms with Gasteiger partial charge in [-0.1, -0.05) is 13.8 Å². The summed E-state index contributed by atoms with van der Waals surface area (Å²) in [4.78, 5) is 0. The minimum atomic E-state index is -0.299. The molecule has 0 amide bonds. The average Bonchev–Trinajstić information content (AvgIpc) is 2.88. The highest BCUT2D eigenvalue weighted by Crippen LogP contribution is 2.41. The van der Waals surface area contributed by atoms with Crippen LogP contribution in [-0.4, -0.2) is 9.67 Å². The molecular weight excluding hydrogens is 242 g/mol. The normalized spacial score (nSPS) is 21.8. The Balaban J connectivity index is 1.94. The van der Waals surface area contributed by atoms with Crippen molar-refractivity contribution in [2.24, 2.45) is 5.41 Å². The molecule has 2 aromatic rings. The molecule has 1 aliphatic carbocycles. The molecule has 3 heteroatoms. The smallest absolute Gasteiger partial charge is 0.0812 e. The van der Waals surface area contributed by atoms with Crippen molar-refractivity contribution in [1.82, 2.24) is 4.57 Å². The van der Waals surface area contributed by atoms with E-state index in [-0.39, 0.29) is 11.5 Å². The molecule has 3 rings (SSSR count). The van der Waals surface area contributed by atoms with Crippen molar-refractivity contribution in [2.75, 3.05) is 0 Å². The molecule has 1 atom stereocenters. The highest BCUT2D eigenvalue weighted by atomic mass is 32.1. The van der Waals surface area contributed by atoms with E-state index < -0.39 is 0 Å². The third kappa shape index (κ3) is 2.13. The van der Waals surface area contributed by atoms with Gasteiger partial charge in [-0.25, -0.2) is 0 Å². The molecule has 96 valence electrons. The molecule has 0 saturated heterocycles. The highest BCUT2D eigenvalue weighted by molar-refractivity contribution is 7.07. The predicted octanol–water partition coefficient (Wildman–Crippen LogP) is 3.60. The van der Waals surface area contributed by atoms with Crippen LogP contribution in [-0.2, 0) is 13.0 Å². The maximum Gasteiger partial charge on any atom is 0.0812 e. The van der Waals surface area contributed by atoms with Gasteiger partial charge in [-0.2, -0.15) is 11.3 Å². The molecule has 0 spiro atoms. The lowest BCUT2D eigenvalue weighted by Gasteiger charge is -2.34. The van der Waals surface area contributed by atoms with Crippen molar-refractivity contribution < 1.29 is 5.11 Å². The fraction of sp³-hybridized carbons (Fsp3) is 0.467. The van der Waals surface area contributed by atoms with Gasteiger partial charge >= 0.3 is 0 Å². The van der Waals surface area contributed by atoms with E-state index in [2.05, 4.69) is 47.5 Å². The first-order valence-electron chi connectivity index (χ1n) is 6.42. The lowest BCUT2D eigenvalue weighted by molar-refractivity contribution is 0.0981. The molecule has 1 N–H and O–H groups in total. The van der Waals surface area contributed by atoms with E-state index in [0.717, 1.165) is 24.9 Å². The Morgan fingerprint density at radius 2 is 2.28 bits per heavy atom. The second-order valence-electron chi connectivity index (χ2n) is 6.04. The third-order valence-electron chi connectivity index (χ3n) is 3.80. The Morgan fingerprint density at radius 3 is 3.00 bits per heavy atom. The first-order chi connectivity index (χ1) is 8.55. The summed E-state index contributed by atoms with van der Waals surface area (Å²) in [6.45, 7) is 5.39. The van der Waals surface area contributed by atoms with Crippen molar-refractivity contribution in [2.45, 2.75) is 39.3 Å². The van der Waals surface area contributed by atoms with Crippen LogP contribution >= 0.6 is 11.3 Å². The Kier molecular flexibility index (Phi) is 2.83. The maximum atomic E-state index is 10.2. The van der Waals surface area contributed by atoms with Gasteiger partial charge < -0.3 is 9.67 Å². The van der Waals surface area contributed by atoms with Crippen LogP contribution in [0.15, 0.2) is 29.1 Å². The van der Waals surface area contributed by atoms with Crippen molar-refractivity contribution in [1.29, 1.82) is 0 Å². The van der Waals surface area contributed by atoms with E-state index in [4.69, 9.17) is 0 Å². The van der Waals surface area contributed by atoms with Crippen LogP contribution in [0.2, 0.25) is 0 Å². The largest absolute Gasteiger partial charge is 0.388 e. The summed E-state index contributed by atoms with van der Waals surface area (Å²) in [5.74, 6) is 0. The third-order valence-corrected chi connectivity index (χ3v) is 4.53. The number of aliphatic hydroxyl groups excluding tert-OH is 1. The van der Waals surface area contributed by atoms with Crippen LogP contribution in [0.25, 0.3) is 0 Å². The zero-order chi connectivity index (χ0) is 12.8. The van der Waals surface area contributed by atoms with Crippen LogP contribution in [0.4, 0.5) is 0 Å². The molecule has 0 bridgehead atoms. The standard InChI is InChI=1S/C15H19NOS/c1-15(2)7-13-12(14(17)8-15)3-5-16(13)9-11-4-6-18-10-11/h3-6,10,14,17H,7-9H2,1-2H3. The van der Waals surface area contributed by atoms with E-state index in [0.29, 0.717) is 0 Å². The molecule has 2 heterocycles. The van der Waals surface area contributed by atoms with Gasteiger partial charge in [-0.3, -0.25) is 0 Å². The molecule has 1 aliphatic rings. The van der Waals surface area contributed by atoms with Gasteiger partial charge in [0.25, 0.3) is 0 Å². The summed E-state index contributed by atoms with van der Waals surface area (Å²) < 4.78 is 2.29. The minimum absolute atomic E-state index is 0.192. The van der Waals surface area contributed by atoms with E-state index in [1.807, 2.05) is 0 Å². The number of rotatable bonds is 2. The zero-order valence-electron chi connectivity index (χ0n) is 10.9. The first kappa shape index (κ1) is 12.0. The minimum Gasteiger partial charge on any atom is -0.388 e. The van der Waals surface area contributed by atoms with Gasteiger partial charge in [-0.15, -0.1) is 0 Å². The Labute approximate surface area is 112 Å². The van der Waals surface area contributed by atoms with E-state index in [9.17, 15) is 5.11 Å². The average molecular weight is 261 g/mol. The van der Waals surface area contributed by atoms with Gasteiger partial charge in [-0.05, 0) is 46.7 Å². The van der Waals surface area contributed by atoms with Crippen LogP contribution in [0.1, 0.15) is 43.2 Å². The number of aliphatic hydroxyl groups is 1. The van der Waals surface area contributed by atoms with Gasteiger partial charge in [0, 0.05) is 24.0 Å². The Bertz CT molecular complexity index is 539. The summed E-state index contributed by atoms with van der Waals surface area (Å²) in [7, 11) is 0. The van der Waals surface area contributed by atoms with Crippen LogP contribution in [0, 0.1) is 5.41 Å². The number of hydrogen-bond acceptors (Lipinski definition) is 2. The number of thiophene rings is 1. The van der Waals surface area contributed by atoms with Gasteiger partial charge in [0.05, 0.1) is 6.10 Å². The molecule has 18 heavy (non-hydrogen) atoms. The summed E-state index contributed by atoms with van der Waals surface area (Å²) in [6.07, 6.45) is 3.74. The van der Waals surface area contributed by atoms with Crippen molar-refractivity contribution in [3.8, 4) is 0 Å². The number of nitrogens with zero attached hydrogens (tertiary/aromatic N) is 1. The quantitative estimate of drug-likeness (QED) is 0.878. The lowest BCUT2D eigenvalue weighted by atomic mass is 9.75. The SMILES string of the molecule is CC1(C)Cc2c(ccn2Cc2ccsc2)C(O)C1. The molecule has 2 aromatic heterocycles. The molecule has 0 fully saturated rings. The van der Waals surface area contributed by atoms with Crippen molar-refractivity contribution in [3.63, 3.8) is 0 Å². The Hall–Kier alpha value is -1.06. The number of aromatic nitrogens is 1. The van der Waals surface area contributed by atoms with Crippen LogP contribution in [0.3, 0.4) is 0 Å². The summed E-state index contributed by atoms with van der Waals surface area (Å²) in [5.41, 5.74) is 3.97. The van der Waals surface area contributed by atoms with Gasteiger partial charge in [0.15, 0.2) is 0 Å². The monoisotopic (exact) mass is 261 g/mol. The lowest BCUT2D eigenvalue weighted by Crippen LogP contribution is -2.26. The highest BCUT2D eigenvalue weighted by Gasteiger charge is 2.33. The van der Waals surface area contributed by atoms with Gasteiger partial charge in [0.1, 0.15) is 0 Å². The molecule has 0 radical (unpaired) electrons. The fourth-order valence-electron chi connectivity index (χ4n) is 2.92. The summed E-state index contributed by atoms with van der Waals surface area (Å²) >= 11 is 1.74. The molecule has 0 saturated carbocycles. The van der Waals surface area contributed by atoms with E-state index >= 15 is 0 Å². The summed E-state index contributed by atoms with van der Waals surface area (Å²) in [6, 6.07) is 4.25. The first-order valence-corrected chi connectivity index (χ1v) is 7.36. The number of hydrogen-bond donors (Lipinski definition) is 1.